The largest absolute Gasteiger partial charge is 0.382 e. The van der Waals surface area contributed by atoms with Crippen LogP contribution >= 0.6 is 0 Å². The van der Waals surface area contributed by atoms with Crippen LogP contribution in [0.2, 0.25) is 0 Å². The molecule has 1 fully saturated rings. The van der Waals surface area contributed by atoms with Gasteiger partial charge in [-0.05, 0) is 25.0 Å². The van der Waals surface area contributed by atoms with Crippen molar-refractivity contribution in [3.05, 3.63) is 29.8 Å². The highest BCUT2D eigenvalue weighted by molar-refractivity contribution is 5.76. The number of rotatable bonds is 3. The number of para-hydroxylation sites is 2. The van der Waals surface area contributed by atoms with E-state index in [2.05, 4.69) is 26.5 Å². The molecule has 3 aromatic rings. The highest BCUT2D eigenvalue weighted by atomic mass is 15.4. The first kappa shape index (κ1) is 11.8. The first-order valence-electron chi connectivity index (χ1n) is 6.76. The van der Waals surface area contributed by atoms with Gasteiger partial charge in [0.25, 0.3) is 0 Å². The molecule has 1 aliphatic rings. The second-order valence-electron chi connectivity index (χ2n) is 5.13. The summed E-state index contributed by atoms with van der Waals surface area (Å²) in [5, 5.41) is 16.9. The van der Waals surface area contributed by atoms with Gasteiger partial charge in [-0.15, -0.1) is 5.10 Å². The molecule has 104 valence electrons. The van der Waals surface area contributed by atoms with Gasteiger partial charge in [-0.1, -0.05) is 12.1 Å². The molecular weight excluding hydrogens is 266 g/mol. The third-order valence-electron chi connectivity index (χ3n) is 3.53. The van der Waals surface area contributed by atoms with Crippen molar-refractivity contribution in [1.82, 2.24) is 19.7 Å². The molecule has 21 heavy (non-hydrogen) atoms. The Bertz CT molecular complexity index is 830. The van der Waals surface area contributed by atoms with Crippen LogP contribution in [-0.2, 0) is 0 Å². The number of benzene rings is 1. The quantitative estimate of drug-likeness (QED) is 0.677. The van der Waals surface area contributed by atoms with Gasteiger partial charge in [0.2, 0.25) is 5.95 Å². The van der Waals surface area contributed by atoms with E-state index in [1.165, 1.54) is 4.68 Å². The van der Waals surface area contributed by atoms with E-state index in [1.807, 2.05) is 24.3 Å². The number of imidazole rings is 1. The maximum absolute atomic E-state index is 9.28. The molecule has 1 saturated carbocycles. The van der Waals surface area contributed by atoms with Gasteiger partial charge in [-0.3, -0.25) is 0 Å². The van der Waals surface area contributed by atoms with Crippen LogP contribution < -0.4 is 11.1 Å². The standard InChI is InChI=1S/C14H13N7/c15-7-9-12(16)21(20-13(9)17-8-5-6-8)14-18-10-3-1-2-4-11(10)19-14/h1-4,8H,5-6,16H2,(H,17,20)(H,18,19). The lowest BCUT2D eigenvalue weighted by atomic mass is 10.3. The fourth-order valence-corrected chi connectivity index (χ4v) is 2.26. The number of nitrogens with one attached hydrogen (secondary N) is 2. The van der Waals surface area contributed by atoms with Gasteiger partial charge in [0.05, 0.1) is 11.0 Å². The first-order valence-corrected chi connectivity index (χ1v) is 6.76. The minimum atomic E-state index is 0.291. The van der Waals surface area contributed by atoms with Crippen LogP contribution in [0.4, 0.5) is 11.6 Å². The summed E-state index contributed by atoms with van der Waals surface area (Å²) in [7, 11) is 0. The first-order chi connectivity index (χ1) is 10.3. The summed E-state index contributed by atoms with van der Waals surface area (Å²) in [5.74, 6) is 1.33. The summed E-state index contributed by atoms with van der Waals surface area (Å²) in [6.07, 6.45) is 2.20. The Morgan fingerprint density at radius 2 is 2.19 bits per heavy atom. The van der Waals surface area contributed by atoms with E-state index < -0.39 is 0 Å². The Morgan fingerprint density at radius 3 is 2.90 bits per heavy atom. The average molecular weight is 279 g/mol. The zero-order chi connectivity index (χ0) is 14.4. The van der Waals surface area contributed by atoms with E-state index in [-0.39, 0.29) is 0 Å². The zero-order valence-electron chi connectivity index (χ0n) is 11.2. The van der Waals surface area contributed by atoms with Gasteiger partial charge in [0.15, 0.2) is 11.6 Å². The van der Waals surface area contributed by atoms with Crippen molar-refractivity contribution in [2.75, 3.05) is 11.1 Å². The van der Waals surface area contributed by atoms with E-state index in [9.17, 15) is 5.26 Å². The van der Waals surface area contributed by atoms with Crippen molar-refractivity contribution in [1.29, 1.82) is 5.26 Å². The molecule has 1 aromatic carbocycles. The number of nitrogens with zero attached hydrogens (tertiary/aromatic N) is 4. The summed E-state index contributed by atoms with van der Waals surface area (Å²) in [6, 6.07) is 10.2. The fraction of sp³-hybridized carbons (Fsp3) is 0.214. The van der Waals surface area contributed by atoms with Crippen molar-refractivity contribution < 1.29 is 0 Å². The second kappa shape index (κ2) is 4.24. The molecule has 0 atom stereocenters. The monoisotopic (exact) mass is 279 g/mol. The molecule has 0 unspecified atom stereocenters. The number of nitriles is 1. The van der Waals surface area contributed by atoms with Gasteiger partial charge in [-0.25, -0.2) is 4.98 Å². The van der Waals surface area contributed by atoms with Gasteiger partial charge in [0, 0.05) is 6.04 Å². The van der Waals surface area contributed by atoms with Crippen LogP contribution in [0.1, 0.15) is 18.4 Å². The number of H-pyrrole nitrogens is 1. The molecule has 0 radical (unpaired) electrons. The Hall–Kier alpha value is -3.01. The molecule has 4 rings (SSSR count). The Balaban J connectivity index is 1.83. The number of nitrogen functional groups attached to an aromatic ring is 1. The lowest BCUT2D eigenvalue weighted by Gasteiger charge is -1.98. The van der Waals surface area contributed by atoms with Gasteiger partial charge in [0.1, 0.15) is 11.6 Å². The smallest absolute Gasteiger partial charge is 0.231 e. The Kier molecular flexibility index (Phi) is 2.38. The molecule has 2 aromatic heterocycles. The van der Waals surface area contributed by atoms with Crippen LogP contribution in [0.25, 0.3) is 17.0 Å². The highest BCUT2D eigenvalue weighted by Gasteiger charge is 2.26. The van der Waals surface area contributed by atoms with Crippen molar-refractivity contribution in [3.8, 4) is 12.0 Å². The van der Waals surface area contributed by atoms with E-state index in [0.29, 0.717) is 29.2 Å². The summed E-state index contributed by atoms with van der Waals surface area (Å²) >= 11 is 0. The van der Waals surface area contributed by atoms with Crippen LogP contribution in [0.3, 0.4) is 0 Å². The van der Waals surface area contributed by atoms with E-state index in [0.717, 1.165) is 23.9 Å². The third-order valence-corrected chi connectivity index (χ3v) is 3.53. The van der Waals surface area contributed by atoms with Crippen LogP contribution in [0.5, 0.6) is 0 Å². The predicted molar refractivity (Wildman–Crippen MR) is 79.0 cm³/mol. The molecule has 0 spiro atoms. The zero-order valence-corrected chi connectivity index (χ0v) is 11.2. The lowest BCUT2D eigenvalue weighted by molar-refractivity contribution is 0.837. The van der Waals surface area contributed by atoms with Gasteiger partial charge in [-0.2, -0.15) is 9.94 Å². The molecule has 0 bridgehead atoms. The van der Waals surface area contributed by atoms with Crippen molar-refractivity contribution in [2.45, 2.75) is 18.9 Å². The van der Waals surface area contributed by atoms with E-state index >= 15 is 0 Å². The number of nitrogens with two attached hydrogens (primary N) is 1. The number of anilines is 2. The minimum Gasteiger partial charge on any atom is -0.382 e. The van der Waals surface area contributed by atoms with Crippen molar-refractivity contribution in [3.63, 3.8) is 0 Å². The summed E-state index contributed by atoms with van der Waals surface area (Å²) in [4.78, 5) is 7.61. The summed E-state index contributed by atoms with van der Waals surface area (Å²) in [5.41, 5.74) is 8.14. The van der Waals surface area contributed by atoms with Crippen LogP contribution in [0, 0.1) is 11.3 Å². The molecule has 2 heterocycles. The summed E-state index contributed by atoms with van der Waals surface area (Å²) in [6.45, 7) is 0. The number of fused-ring (bicyclic) bond motifs is 1. The topological polar surface area (TPSA) is 108 Å². The maximum atomic E-state index is 9.28. The number of hydrogen-bond acceptors (Lipinski definition) is 5. The molecule has 0 aliphatic heterocycles. The number of aromatic amines is 1. The Labute approximate surface area is 120 Å². The Morgan fingerprint density at radius 1 is 1.38 bits per heavy atom. The van der Waals surface area contributed by atoms with Gasteiger partial charge >= 0.3 is 0 Å². The second-order valence-corrected chi connectivity index (χ2v) is 5.13. The average Bonchev–Trinajstić information content (AvgIpc) is 3.10. The highest BCUT2D eigenvalue weighted by Crippen LogP contribution is 2.29. The normalized spacial score (nSPS) is 14.2. The van der Waals surface area contributed by atoms with Crippen LogP contribution in [0.15, 0.2) is 24.3 Å². The molecule has 0 amide bonds. The SMILES string of the molecule is N#Cc1c(NC2CC2)nn(-c2nc3ccccc3[nH]2)c1N. The third kappa shape index (κ3) is 1.89. The fourth-order valence-electron chi connectivity index (χ4n) is 2.26. The van der Waals surface area contributed by atoms with E-state index in [1.54, 1.807) is 0 Å². The van der Waals surface area contributed by atoms with E-state index in [4.69, 9.17) is 5.73 Å². The van der Waals surface area contributed by atoms with Crippen molar-refractivity contribution in [2.24, 2.45) is 0 Å². The van der Waals surface area contributed by atoms with Crippen LogP contribution in [-0.4, -0.2) is 25.8 Å². The summed E-state index contributed by atoms with van der Waals surface area (Å²) < 4.78 is 1.48. The molecule has 4 N–H and O–H groups in total. The predicted octanol–water partition coefficient (Wildman–Crippen LogP) is 1.78. The van der Waals surface area contributed by atoms with Crippen molar-refractivity contribution >= 4 is 22.7 Å². The van der Waals surface area contributed by atoms with Gasteiger partial charge < -0.3 is 16.0 Å². The molecule has 0 saturated heterocycles. The molecule has 7 nitrogen and oxygen atoms in total. The molecule has 1 aliphatic carbocycles. The molecular formula is C14H13N7. The lowest BCUT2D eigenvalue weighted by Crippen LogP contribution is -2.05. The molecule has 7 heteroatoms. The maximum Gasteiger partial charge on any atom is 0.231 e. The minimum absolute atomic E-state index is 0.291. The number of hydrogen-bond donors (Lipinski definition) is 3. The number of aromatic nitrogens is 4.